The number of pyridine rings is 1. The zero-order valence-corrected chi connectivity index (χ0v) is 18.0. The van der Waals surface area contributed by atoms with E-state index in [9.17, 15) is 13.2 Å². The highest BCUT2D eigenvalue weighted by Gasteiger charge is 2.14. The van der Waals surface area contributed by atoms with E-state index in [0.717, 1.165) is 23.1 Å². The number of hydrogen-bond acceptors (Lipinski definition) is 4. The monoisotopic (exact) mass is 413 g/mol. The van der Waals surface area contributed by atoms with Crippen molar-refractivity contribution in [2.75, 3.05) is 11.0 Å². The fraction of sp³-hybridized carbons (Fsp3) is 0.273. The third-order valence-corrected chi connectivity index (χ3v) is 4.67. The number of nitrogens with zero attached hydrogens (tertiary/aromatic N) is 1. The summed E-state index contributed by atoms with van der Waals surface area (Å²) >= 11 is 0. The topological polar surface area (TPSA) is 88.2 Å². The summed E-state index contributed by atoms with van der Waals surface area (Å²) < 4.78 is 25.3. The number of sulfonamides is 1. The van der Waals surface area contributed by atoms with Gasteiger partial charge in [0.15, 0.2) is 0 Å². The van der Waals surface area contributed by atoms with E-state index >= 15 is 0 Å². The summed E-state index contributed by atoms with van der Waals surface area (Å²) in [4.78, 5) is 16.5. The summed E-state index contributed by atoms with van der Waals surface area (Å²) in [6, 6.07) is 9.07. The fourth-order valence-corrected chi connectivity index (χ4v) is 3.14. The van der Waals surface area contributed by atoms with E-state index in [-0.39, 0.29) is 11.3 Å². The number of carbonyl (C=O) groups is 1. The summed E-state index contributed by atoms with van der Waals surface area (Å²) in [5.41, 5.74) is 3.74. The van der Waals surface area contributed by atoms with Gasteiger partial charge in [-0.05, 0) is 41.0 Å². The molecule has 0 aliphatic heterocycles. The van der Waals surface area contributed by atoms with Crippen molar-refractivity contribution >= 4 is 33.8 Å². The van der Waals surface area contributed by atoms with E-state index in [4.69, 9.17) is 0 Å². The van der Waals surface area contributed by atoms with E-state index in [1.807, 2.05) is 12.1 Å². The number of aromatic nitrogens is 1. The summed E-state index contributed by atoms with van der Waals surface area (Å²) in [6.45, 7) is 10.3. The number of carbonyl (C=O) groups excluding carboxylic acids is 1. The molecule has 0 fully saturated rings. The van der Waals surface area contributed by atoms with E-state index in [0.29, 0.717) is 17.8 Å². The molecule has 6 nitrogen and oxygen atoms in total. The first-order valence-corrected chi connectivity index (χ1v) is 11.0. The van der Waals surface area contributed by atoms with Crippen molar-refractivity contribution in [3.63, 3.8) is 0 Å². The average molecular weight is 414 g/mol. The van der Waals surface area contributed by atoms with Gasteiger partial charge >= 0.3 is 0 Å². The molecule has 1 heterocycles. The normalized spacial score (nSPS) is 12.0. The molecule has 2 aromatic rings. The Kier molecular flexibility index (Phi) is 6.97. The molecule has 0 spiro atoms. The molecule has 0 radical (unpaired) electrons. The Morgan fingerprint density at radius 1 is 1.21 bits per heavy atom. The van der Waals surface area contributed by atoms with E-state index < -0.39 is 10.0 Å². The van der Waals surface area contributed by atoms with E-state index in [1.165, 1.54) is 6.08 Å². The van der Waals surface area contributed by atoms with Gasteiger partial charge in [0, 0.05) is 29.9 Å². The molecule has 0 saturated heterocycles. The van der Waals surface area contributed by atoms with Crippen molar-refractivity contribution < 1.29 is 13.2 Å². The minimum atomic E-state index is -3.37. The van der Waals surface area contributed by atoms with Gasteiger partial charge in [-0.1, -0.05) is 45.6 Å². The molecule has 154 valence electrons. The maximum atomic E-state index is 12.1. The minimum Gasteiger partial charge on any atom is -0.348 e. The molecule has 0 saturated carbocycles. The Morgan fingerprint density at radius 2 is 1.93 bits per heavy atom. The standard InChI is InChI=1S/C22H27N3O3S/c1-6-18-13-17(7-10-19(18)25-29(5,27)28)15-24-21(26)12-9-16-8-11-20(23-14-16)22(2,3)4/h6-14,25H,1,15H2,2-5H3,(H,24,26). The lowest BCUT2D eigenvalue weighted by Gasteiger charge is -2.17. The summed E-state index contributed by atoms with van der Waals surface area (Å²) in [5.74, 6) is -0.233. The average Bonchev–Trinajstić information content (AvgIpc) is 2.64. The summed E-state index contributed by atoms with van der Waals surface area (Å²) in [5, 5.41) is 2.80. The Morgan fingerprint density at radius 3 is 2.48 bits per heavy atom. The van der Waals surface area contributed by atoms with Gasteiger partial charge in [-0.25, -0.2) is 8.42 Å². The van der Waals surface area contributed by atoms with Gasteiger partial charge in [0.1, 0.15) is 0 Å². The molecule has 0 unspecified atom stereocenters. The van der Waals surface area contributed by atoms with Gasteiger partial charge in [-0.15, -0.1) is 0 Å². The van der Waals surface area contributed by atoms with Crippen LogP contribution in [0.15, 0.2) is 49.2 Å². The van der Waals surface area contributed by atoms with Crippen molar-refractivity contribution in [1.29, 1.82) is 0 Å². The predicted octanol–water partition coefficient (Wildman–Crippen LogP) is 3.72. The van der Waals surface area contributed by atoms with E-state index in [2.05, 4.69) is 42.4 Å². The SMILES string of the molecule is C=Cc1cc(CNC(=O)C=Cc2ccc(C(C)(C)C)nc2)ccc1NS(C)(=O)=O. The molecule has 0 atom stereocenters. The second-order valence-corrected chi connectivity index (χ2v) is 9.53. The zero-order valence-electron chi connectivity index (χ0n) is 17.2. The van der Waals surface area contributed by atoms with Gasteiger partial charge in [0.2, 0.25) is 15.9 Å². The lowest BCUT2D eigenvalue weighted by molar-refractivity contribution is -0.116. The fourth-order valence-electron chi connectivity index (χ4n) is 2.55. The van der Waals surface area contributed by atoms with Gasteiger partial charge in [-0.3, -0.25) is 14.5 Å². The molecule has 1 aromatic carbocycles. The van der Waals surface area contributed by atoms with Gasteiger partial charge in [0.05, 0.1) is 11.9 Å². The lowest BCUT2D eigenvalue weighted by atomic mass is 9.91. The second kappa shape index (κ2) is 9.05. The molecule has 1 amide bonds. The van der Waals surface area contributed by atoms with Crippen LogP contribution >= 0.6 is 0 Å². The number of benzene rings is 1. The first-order chi connectivity index (χ1) is 13.5. The van der Waals surface area contributed by atoms with Crippen molar-refractivity contribution in [3.8, 4) is 0 Å². The number of nitrogens with one attached hydrogen (secondary N) is 2. The zero-order chi connectivity index (χ0) is 21.7. The molecule has 0 bridgehead atoms. The quantitative estimate of drug-likeness (QED) is 0.677. The van der Waals surface area contributed by atoms with Gasteiger partial charge in [0.25, 0.3) is 0 Å². The molecule has 2 rings (SSSR count). The van der Waals surface area contributed by atoms with Crippen molar-refractivity contribution in [1.82, 2.24) is 10.3 Å². The van der Waals surface area contributed by atoms with E-state index in [1.54, 1.807) is 36.5 Å². The number of rotatable bonds is 7. The van der Waals surface area contributed by atoms with Gasteiger partial charge < -0.3 is 5.32 Å². The Balaban J connectivity index is 1.98. The van der Waals surface area contributed by atoms with Crippen molar-refractivity contribution in [2.45, 2.75) is 32.7 Å². The Hall–Kier alpha value is -2.93. The van der Waals surface area contributed by atoms with Crippen LogP contribution in [0, 0.1) is 0 Å². The smallest absolute Gasteiger partial charge is 0.244 e. The predicted molar refractivity (Wildman–Crippen MR) is 119 cm³/mol. The Labute approximate surface area is 172 Å². The third kappa shape index (κ3) is 7.19. The Bertz CT molecular complexity index is 1020. The first kappa shape index (κ1) is 22.4. The minimum absolute atomic E-state index is 0.0176. The highest BCUT2D eigenvalue weighted by molar-refractivity contribution is 7.92. The number of anilines is 1. The summed E-state index contributed by atoms with van der Waals surface area (Å²) in [6.07, 6.45) is 7.57. The number of hydrogen-bond donors (Lipinski definition) is 2. The molecule has 29 heavy (non-hydrogen) atoms. The molecule has 2 N–H and O–H groups in total. The molecule has 7 heteroatoms. The van der Waals surface area contributed by atoms with Crippen LogP contribution in [0.5, 0.6) is 0 Å². The molecular weight excluding hydrogens is 386 g/mol. The largest absolute Gasteiger partial charge is 0.348 e. The second-order valence-electron chi connectivity index (χ2n) is 7.78. The van der Waals surface area contributed by atoms with Crippen LogP contribution in [0.3, 0.4) is 0 Å². The highest BCUT2D eigenvalue weighted by Crippen LogP contribution is 2.21. The summed E-state index contributed by atoms with van der Waals surface area (Å²) in [7, 11) is -3.37. The van der Waals surface area contributed by atoms with Crippen LogP contribution < -0.4 is 10.0 Å². The van der Waals surface area contributed by atoms with Crippen LogP contribution in [-0.4, -0.2) is 25.6 Å². The lowest BCUT2D eigenvalue weighted by Crippen LogP contribution is -2.20. The maximum Gasteiger partial charge on any atom is 0.244 e. The highest BCUT2D eigenvalue weighted by atomic mass is 32.2. The number of amides is 1. The van der Waals surface area contributed by atoms with Crippen LogP contribution in [0.2, 0.25) is 0 Å². The van der Waals surface area contributed by atoms with Crippen LogP contribution in [0.1, 0.15) is 43.2 Å². The van der Waals surface area contributed by atoms with Crippen LogP contribution in [-0.2, 0) is 26.8 Å². The first-order valence-electron chi connectivity index (χ1n) is 9.13. The molecule has 0 aliphatic rings. The van der Waals surface area contributed by atoms with Gasteiger partial charge in [-0.2, -0.15) is 0 Å². The van der Waals surface area contributed by atoms with Crippen LogP contribution in [0.4, 0.5) is 5.69 Å². The van der Waals surface area contributed by atoms with Crippen LogP contribution in [0.25, 0.3) is 12.2 Å². The molecule has 1 aromatic heterocycles. The molecule has 0 aliphatic carbocycles. The maximum absolute atomic E-state index is 12.1. The third-order valence-electron chi connectivity index (χ3n) is 4.08. The molecular formula is C22H27N3O3S. The van der Waals surface area contributed by atoms with Crippen molar-refractivity contribution in [2.24, 2.45) is 0 Å². The van der Waals surface area contributed by atoms with Crippen molar-refractivity contribution in [3.05, 3.63) is 71.6 Å².